The number of sulfone groups is 1. The third-order valence-electron chi connectivity index (χ3n) is 3.97. The van der Waals surface area contributed by atoms with Crippen LogP contribution in [0, 0.1) is 5.41 Å². The summed E-state index contributed by atoms with van der Waals surface area (Å²) >= 11 is 0. The highest BCUT2D eigenvalue weighted by molar-refractivity contribution is 7.90. The van der Waals surface area contributed by atoms with E-state index in [1.807, 2.05) is 6.07 Å². The number of hydrogen-bond donors (Lipinski definition) is 2. The van der Waals surface area contributed by atoms with Gasteiger partial charge in [-0.3, -0.25) is 4.79 Å². The summed E-state index contributed by atoms with van der Waals surface area (Å²) in [5, 5.41) is 11.7. The molecule has 7 heteroatoms. The van der Waals surface area contributed by atoms with E-state index in [4.69, 9.17) is 5.11 Å². The largest absolute Gasteiger partial charge is 0.478 e. The van der Waals surface area contributed by atoms with Gasteiger partial charge in [0.2, 0.25) is 5.91 Å². The Hall–Kier alpha value is -1.89. The van der Waals surface area contributed by atoms with Crippen LogP contribution < -0.4 is 5.32 Å². The van der Waals surface area contributed by atoms with Crippen molar-refractivity contribution in [3.05, 3.63) is 35.4 Å². The SMILES string of the molecule is CS(=O)(=O)CC1(CC(=O)NCCc2cccc(C(=O)O)c2)CC1. The molecule has 2 N–H and O–H groups in total. The summed E-state index contributed by atoms with van der Waals surface area (Å²) in [5.41, 5.74) is 0.683. The second kappa shape index (κ2) is 6.70. The molecule has 0 unspecified atom stereocenters. The molecule has 2 rings (SSSR count). The average molecular weight is 339 g/mol. The molecule has 0 radical (unpaired) electrons. The normalized spacial score (nSPS) is 15.9. The lowest BCUT2D eigenvalue weighted by Gasteiger charge is -2.13. The van der Waals surface area contributed by atoms with Crippen molar-refractivity contribution in [2.24, 2.45) is 5.41 Å². The van der Waals surface area contributed by atoms with Crippen LogP contribution in [0.2, 0.25) is 0 Å². The van der Waals surface area contributed by atoms with Crippen molar-refractivity contribution in [3.63, 3.8) is 0 Å². The van der Waals surface area contributed by atoms with Gasteiger partial charge < -0.3 is 10.4 Å². The summed E-state index contributed by atoms with van der Waals surface area (Å²) < 4.78 is 22.7. The van der Waals surface area contributed by atoms with Crippen LogP contribution in [-0.2, 0) is 21.1 Å². The lowest BCUT2D eigenvalue weighted by molar-refractivity contribution is -0.122. The zero-order chi connectivity index (χ0) is 17.1. The summed E-state index contributed by atoms with van der Waals surface area (Å²) in [6.07, 6.45) is 3.50. The maximum absolute atomic E-state index is 11.9. The van der Waals surface area contributed by atoms with Gasteiger partial charge in [-0.05, 0) is 42.4 Å². The molecule has 1 aromatic rings. The molecular formula is C16H21NO5S. The lowest BCUT2D eigenvalue weighted by atomic mass is 10.0. The van der Waals surface area contributed by atoms with Crippen LogP contribution in [0.5, 0.6) is 0 Å². The molecule has 1 amide bonds. The summed E-state index contributed by atoms with van der Waals surface area (Å²) in [4.78, 5) is 22.8. The number of hydrogen-bond acceptors (Lipinski definition) is 4. The highest BCUT2D eigenvalue weighted by atomic mass is 32.2. The van der Waals surface area contributed by atoms with Gasteiger partial charge >= 0.3 is 5.97 Å². The molecule has 126 valence electrons. The standard InChI is InChI=1S/C16H21NO5S/c1-23(21,22)11-16(6-7-16)10-14(18)17-8-5-12-3-2-4-13(9-12)15(19)20/h2-4,9H,5-8,10-11H2,1H3,(H,17,18)(H,19,20). The Kier molecular flexibility index (Phi) is 5.09. The van der Waals surface area contributed by atoms with Gasteiger partial charge in [0.05, 0.1) is 11.3 Å². The minimum Gasteiger partial charge on any atom is -0.478 e. The Morgan fingerprint density at radius 1 is 1.30 bits per heavy atom. The van der Waals surface area contributed by atoms with Crippen molar-refractivity contribution in [2.45, 2.75) is 25.7 Å². The molecule has 1 aromatic carbocycles. The van der Waals surface area contributed by atoms with Crippen molar-refractivity contribution in [3.8, 4) is 0 Å². The lowest BCUT2D eigenvalue weighted by Crippen LogP contribution is -2.30. The molecule has 0 aromatic heterocycles. The molecule has 0 heterocycles. The highest BCUT2D eigenvalue weighted by Crippen LogP contribution is 2.49. The number of aromatic carboxylic acids is 1. The van der Waals surface area contributed by atoms with E-state index in [0.29, 0.717) is 13.0 Å². The number of rotatable bonds is 8. The molecule has 1 fully saturated rings. The van der Waals surface area contributed by atoms with Crippen molar-refractivity contribution < 1.29 is 23.1 Å². The van der Waals surface area contributed by atoms with Crippen molar-refractivity contribution in [2.75, 3.05) is 18.6 Å². The Labute approximate surface area is 135 Å². The van der Waals surface area contributed by atoms with E-state index >= 15 is 0 Å². The van der Waals surface area contributed by atoms with Gasteiger partial charge in [-0.15, -0.1) is 0 Å². The minimum absolute atomic E-state index is 0.0636. The molecule has 0 aliphatic heterocycles. The fourth-order valence-corrected chi connectivity index (χ4v) is 4.22. The number of carboxylic acid groups (broad SMARTS) is 1. The van der Waals surface area contributed by atoms with Crippen molar-refractivity contribution in [1.29, 1.82) is 0 Å². The smallest absolute Gasteiger partial charge is 0.335 e. The second-order valence-electron chi connectivity index (χ2n) is 6.35. The van der Waals surface area contributed by atoms with E-state index in [2.05, 4.69) is 5.32 Å². The Bertz CT molecular complexity index is 707. The summed E-state index contributed by atoms with van der Waals surface area (Å²) in [6.45, 7) is 0.400. The molecule has 0 spiro atoms. The van der Waals surface area contributed by atoms with Crippen molar-refractivity contribution >= 4 is 21.7 Å². The van der Waals surface area contributed by atoms with Crippen molar-refractivity contribution in [1.82, 2.24) is 5.32 Å². The van der Waals surface area contributed by atoms with Gasteiger partial charge in [-0.25, -0.2) is 13.2 Å². The number of nitrogens with one attached hydrogen (secondary N) is 1. The molecule has 1 aliphatic carbocycles. The van der Waals surface area contributed by atoms with Gasteiger partial charge in [0.1, 0.15) is 9.84 Å². The molecule has 23 heavy (non-hydrogen) atoms. The molecule has 1 aliphatic rings. The number of benzene rings is 1. The van der Waals surface area contributed by atoms with E-state index in [9.17, 15) is 18.0 Å². The zero-order valence-electron chi connectivity index (χ0n) is 13.0. The van der Waals surface area contributed by atoms with Crippen LogP contribution in [0.3, 0.4) is 0 Å². The first-order valence-corrected chi connectivity index (χ1v) is 9.52. The van der Waals surface area contributed by atoms with Crippen LogP contribution in [0.4, 0.5) is 0 Å². The Morgan fingerprint density at radius 2 is 2.00 bits per heavy atom. The second-order valence-corrected chi connectivity index (χ2v) is 8.49. The van der Waals surface area contributed by atoms with E-state index < -0.39 is 15.8 Å². The van der Waals surface area contributed by atoms with Crippen LogP contribution in [-0.4, -0.2) is 44.0 Å². The number of carbonyl (C=O) groups excluding carboxylic acids is 1. The molecule has 0 bridgehead atoms. The van der Waals surface area contributed by atoms with E-state index in [1.54, 1.807) is 12.1 Å². The third kappa shape index (κ3) is 5.67. The Morgan fingerprint density at radius 3 is 2.57 bits per heavy atom. The zero-order valence-corrected chi connectivity index (χ0v) is 13.9. The predicted octanol–water partition coefficient (Wildman–Crippen LogP) is 1.26. The van der Waals surface area contributed by atoms with Gasteiger partial charge in [0, 0.05) is 19.2 Å². The topological polar surface area (TPSA) is 101 Å². The first-order chi connectivity index (χ1) is 10.7. The monoisotopic (exact) mass is 339 g/mol. The van der Waals surface area contributed by atoms with Crippen LogP contribution in [0.25, 0.3) is 0 Å². The minimum atomic E-state index is -3.08. The summed E-state index contributed by atoms with van der Waals surface area (Å²) in [6, 6.07) is 6.59. The van der Waals surface area contributed by atoms with E-state index in [1.165, 1.54) is 12.3 Å². The van der Waals surface area contributed by atoms with Gasteiger partial charge in [-0.1, -0.05) is 12.1 Å². The molecule has 0 saturated heterocycles. The first-order valence-electron chi connectivity index (χ1n) is 7.46. The first kappa shape index (κ1) is 17.5. The fourth-order valence-electron chi connectivity index (χ4n) is 2.71. The molecule has 0 atom stereocenters. The third-order valence-corrected chi connectivity index (χ3v) is 5.11. The average Bonchev–Trinajstić information content (AvgIpc) is 3.15. The van der Waals surface area contributed by atoms with Gasteiger partial charge in [0.25, 0.3) is 0 Å². The van der Waals surface area contributed by atoms with Gasteiger partial charge in [0.15, 0.2) is 0 Å². The number of amides is 1. The quantitative estimate of drug-likeness (QED) is 0.742. The Balaban J connectivity index is 1.79. The van der Waals surface area contributed by atoms with E-state index in [-0.39, 0.29) is 29.1 Å². The molecule has 6 nitrogen and oxygen atoms in total. The predicted molar refractivity (Wildman–Crippen MR) is 86.1 cm³/mol. The molecule has 1 saturated carbocycles. The van der Waals surface area contributed by atoms with Crippen LogP contribution >= 0.6 is 0 Å². The maximum atomic E-state index is 11.9. The molecular weight excluding hydrogens is 318 g/mol. The van der Waals surface area contributed by atoms with Gasteiger partial charge in [-0.2, -0.15) is 0 Å². The highest BCUT2D eigenvalue weighted by Gasteiger charge is 2.46. The van der Waals surface area contributed by atoms with E-state index in [0.717, 1.165) is 18.4 Å². The maximum Gasteiger partial charge on any atom is 0.335 e. The fraction of sp³-hybridized carbons (Fsp3) is 0.500. The van der Waals surface area contributed by atoms with Crippen LogP contribution in [0.15, 0.2) is 24.3 Å². The number of carboxylic acids is 1. The summed E-state index contributed by atoms with van der Waals surface area (Å²) in [5.74, 6) is -1.07. The van der Waals surface area contributed by atoms with Crippen LogP contribution in [0.1, 0.15) is 35.2 Å². The summed E-state index contributed by atoms with van der Waals surface area (Å²) in [7, 11) is -3.08. The number of carbonyl (C=O) groups is 2.